The number of rotatable bonds is 4. The maximum Gasteiger partial charge on any atom is 0.128 e. The van der Waals surface area contributed by atoms with Crippen molar-refractivity contribution in [3.05, 3.63) is 53.7 Å². The molecule has 0 bridgehead atoms. The highest BCUT2D eigenvalue weighted by atomic mass is 15.2. The third kappa shape index (κ3) is 3.00. The number of hydrogen-bond acceptors (Lipinski definition) is 3. The molecule has 0 saturated heterocycles. The summed E-state index contributed by atoms with van der Waals surface area (Å²) in [5.41, 5.74) is 8.92. The summed E-state index contributed by atoms with van der Waals surface area (Å²) in [5.74, 6) is 1.01. The summed E-state index contributed by atoms with van der Waals surface area (Å²) in [7, 11) is 0. The summed E-state index contributed by atoms with van der Waals surface area (Å²) in [4.78, 5) is 6.71. The quantitative estimate of drug-likeness (QED) is 0.837. The molecule has 1 heterocycles. The Labute approximate surface area is 108 Å². The standard InChI is InChI=1S/C15H19N3/c1-3-18(15-9-4-12(2)10-17-15)11-13-5-7-14(16)8-6-13/h4-10H,3,11,16H2,1-2H3. The smallest absolute Gasteiger partial charge is 0.128 e. The van der Waals surface area contributed by atoms with Gasteiger partial charge in [0.15, 0.2) is 0 Å². The molecular formula is C15H19N3. The first-order chi connectivity index (χ1) is 8.69. The Hall–Kier alpha value is -2.03. The van der Waals surface area contributed by atoms with Crippen molar-refractivity contribution < 1.29 is 0 Å². The van der Waals surface area contributed by atoms with Gasteiger partial charge in [-0.25, -0.2) is 4.98 Å². The highest BCUT2D eigenvalue weighted by Gasteiger charge is 2.06. The van der Waals surface area contributed by atoms with E-state index in [9.17, 15) is 0 Å². The van der Waals surface area contributed by atoms with Crippen molar-refractivity contribution in [3.8, 4) is 0 Å². The van der Waals surface area contributed by atoms with Crippen LogP contribution in [0.5, 0.6) is 0 Å². The maximum atomic E-state index is 5.69. The van der Waals surface area contributed by atoms with E-state index < -0.39 is 0 Å². The third-order valence-corrected chi connectivity index (χ3v) is 2.95. The average Bonchev–Trinajstić information content (AvgIpc) is 2.39. The molecule has 0 unspecified atom stereocenters. The summed E-state index contributed by atoms with van der Waals surface area (Å²) >= 11 is 0. The zero-order valence-electron chi connectivity index (χ0n) is 10.9. The van der Waals surface area contributed by atoms with Crippen molar-refractivity contribution in [3.63, 3.8) is 0 Å². The minimum atomic E-state index is 0.801. The van der Waals surface area contributed by atoms with E-state index in [0.717, 1.165) is 24.6 Å². The molecule has 18 heavy (non-hydrogen) atoms. The van der Waals surface area contributed by atoms with Crippen LogP contribution in [0.15, 0.2) is 42.6 Å². The van der Waals surface area contributed by atoms with Crippen molar-refractivity contribution in [1.82, 2.24) is 4.98 Å². The number of aromatic nitrogens is 1. The van der Waals surface area contributed by atoms with Crippen molar-refractivity contribution in [2.45, 2.75) is 20.4 Å². The molecule has 2 N–H and O–H groups in total. The SMILES string of the molecule is CCN(Cc1ccc(N)cc1)c1ccc(C)cn1. The van der Waals surface area contributed by atoms with Crippen molar-refractivity contribution in [2.75, 3.05) is 17.2 Å². The van der Waals surface area contributed by atoms with E-state index >= 15 is 0 Å². The molecule has 2 aromatic rings. The van der Waals surface area contributed by atoms with Crippen molar-refractivity contribution in [1.29, 1.82) is 0 Å². The fraction of sp³-hybridized carbons (Fsp3) is 0.267. The van der Waals surface area contributed by atoms with Gasteiger partial charge in [0.05, 0.1) is 0 Å². The second kappa shape index (κ2) is 5.54. The van der Waals surface area contributed by atoms with Gasteiger partial charge in [-0.3, -0.25) is 0 Å². The number of aryl methyl sites for hydroxylation is 1. The van der Waals surface area contributed by atoms with Crippen LogP contribution < -0.4 is 10.6 Å². The molecule has 1 aromatic heterocycles. The Bertz CT molecular complexity index is 488. The maximum absolute atomic E-state index is 5.69. The highest BCUT2D eigenvalue weighted by Crippen LogP contribution is 2.15. The second-order valence-corrected chi connectivity index (χ2v) is 4.45. The Morgan fingerprint density at radius 3 is 2.39 bits per heavy atom. The predicted octanol–water partition coefficient (Wildman–Crippen LogP) is 3.00. The van der Waals surface area contributed by atoms with Crippen LogP contribution in [0, 0.1) is 6.92 Å². The molecule has 3 nitrogen and oxygen atoms in total. The molecule has 0 atom stereocenters. The molecule has 0 radical (unpaired) electrons. The second-order valence-electron chi connectivity index (χ2n) is 4.45. The lowest BCUT2D eigenvalue weighted by Crippen LogP contribution is -2.22. The van der Waals surface area contributed by atoms with Crippen LogP contribution >= 0.6 is 0 Å². The van der Waals surface area contributed by atoms with E-state index in [1.54, 1.807) is 0 Å². The van der Waals surface area contributed by atoms with Gasteiger partial charge < -0.3 is 10.6 Å². The molecule has 0 aliphatic heterocycles. The molecule has 0 spiro atoms. The highest BCUT2D eigenvalue weighted by molar-refractivity contribution is 5.43. The van der Waals surface area contributed by atoms with E-state index in [1.165, 1.54) is 11.1 Å². The van der Waals surface area contributed by atoms with Gasteiger partial charge in [-0.05, 0) is 43.2 Å². The number of nitrogens with zero attached hydrogens (tertiary/aromatic N) is 2. The molecule has 0 fully saturated rings. The summed E-state index contributed by atoms with van der Waals surface area (Å²) in [5, 5.41) is 0. The molecule has 0 aliphatic carbocycles. The molecule has 3 heteroatoms. The van der Waals surface area contributed by atoms with Gasteiger partial charge in [0, 0.05) is 25.0 Å². The Morgan fingerprint density at radius 2 is 1.83 bits per heavy atom. The number of pyridine rings is 1. The topological polar surface area (TPSA) is 42.1 Å². The average molecular weight is 241 g/mol. The van der Waals surface area contributed by atoms with Crippen LogP contribution in [0.4, 0.5) is 11.5 Å². The van der Waals surface area contributed by atoms with Crippen LogP contribution in [0.2, 0.25) is 0 Å². The van der Waals surface area contributed by atoms with Gasteiger partial charge in [0.25, 0.3) is 0 Å². The van der Waals surface area contributed by atoms with E-state index in [2.05, 4.69) is 41.1 Å². The zero-order valence-corrected chi connectivity index (χ0v) is 10.9. The normalized spacial score (nSPS) is 10.3. The minimum Gasteiger partial charge on any atom is -0.399 e. The Balaban J connectivity index is 2.14. The summed E-state index contributed by atoms with van der Waals surface area (Å²) in [6.07, 6.45) is 1.90. The van der Waals surface area contributed by atoms with Crippen LogP contribution in [0.25, 0.3) is 0 Å². The van der Waals surface area contributed by atoms with Crippen LogP contribution in [-0.4, -0.2) is 11.5 Å². The van der Waals surface area contributed by atoms with Gasteiger partial charge in [0.2, 0.25) is 0 Å². The van der Waals surface area contributed by atoms with Gasteiger partial charge in [-0.2, -0.15) is 0 Å². The van der Waals surface area contributed by atoms with E-state index in [1.807, 2.05) is 25.3 Å². The first-order valence-corrected chi connectivity index (χ1v) is 6.21. The Kier molecular flexibility index (Phi) is 3.82. The van der Waals surface area contributed by atoms with E-state index in [0.29, 0.717) is 0 Å². The lowest BCUT2D eigenvalue weighted by Gasteiger charge is -2.22. The monoisotopic (exact) mass is 241 g/mol. The van der Waals surface area contributed by atoms with Crippen LogP contribution in [0.1, 0.15) is 18.1 Å². The summed E-state index contributed by atoms with van der Waals surface area (Å²) in [6, 6.07) is 12.2. The zero-order chi connectivity index (χ0) is 13.0. The summed E-state index contributed by atoms with van der Waals surface area (Å²) < 4.78 is 0. The van der Waals surface area contributed by atoms with E-state index in [4.69, 9.17) is 5.73 Å². The largest absolute Gasteiger partial charge is 0.399 e. The van der Waals surface area contributed by atoms with Gasteiger partial charge in [0.1, 0.15) is 5.82 Å². The molecule has 2 rings (SSSR count). The van der Waals surface area contributed by atoms with E-state index in [-0.39, 0.29) is 0 Å². The van der Waals surface area contributed by atoms with Crippen LogP contribution in [0.3, 0.4) is 0 Å². The molecule has 1 aromatic carbocycles. The molecule has 0 saturated carbocycles. The first kappa shape index (κ1) is 12.4. The Morgan fingerprint density at radius 1 is 1.11 bits per heavy atom. The number of nitrogen functional groups attached to an aromatic ring is 1. The fourth-order valence-corrected chi connectivity index (χ4v) is 1.85. The number of benzene rings is 1. The third-order valence-electron chi connectivity index (χ3n) is 2.95. The van der Waals surface area contributed by atoms with Crippen molar-refractivity contribution >= 4 is 11.5 Å². The van der Waals surface area contributed by atoms with Crippen LogP contribution in [-0.2, 0) is 6.54 Å². The molecular weight excluding hydrogens is 222 g/mol. The molecule has 0 aliphatic rings. The number of nitrogens with two attached hydrogens (primary N) is 1. The van der Waals surface area contributed by atoms with Gasteiger partial charge >= 0.3 is 0 Å². The van der Waals surface area contributed by atoms with Gasteiger partial charge in [-0.1, -0.05) is 18.2 Å². The lowest BCUT2D eigenvalue weighted by molar-refractivity contribution is 0.813. The fourth-order valence-electron chi connectivity index (χ4n) is 1.85. The first-order valence-electron chi connectivity index (χ1n) is 6.21. The van der Waals surface area contributed by atoms with Gasteiger partial charge in [-0.15, -0.1) is 0 Å². The number of hydrogen-bond donors (Lipinski definition) is 1. The minimum absolute atomic E-state index is 0.801. The number of anilines is 2. The summed E-state index contributed by atoms with van der Waals surface area (Å²) in [6.45, 7) is 5.97. The van der Waals surface area contributed by atoms with Crippen molar-refractivity contribution in [2.24, 2.45) is 0 Å². The molecule has 0 amide bonds. The molecule has 94 valence electrons. The lowest BCUT2D eigenvalue weighted by atomic mass is 10.2. The predicted molar refractivity (Wildman–Crippen MR) is 76.6 cm³/mol.